The van der Waals surface area contributed by atoms with Gasteiger partial charge in [-0.1, -0.05) is 0 Å². The van der Waals surface area contributed by atoms with Crippen molar-refractivity contribution < 1.29 is 14.2 Å². The fraction of sp³-hybridized carbons (Fsp3) is 0.364. The van der Waals surface area contributed by atoms with Gasteiger partial charge in [-0.05, 0) is 48.7 Å². The summed E-state index contributed by atoms with van der Waals surface area (Å²) in [5.74, 6) is 2.94. The Hall–Kier alpha value is -2.86. The number of aromatic nitrogens is 3. The highest BCUT2D eigenvalue weighted by Gasteiger charge is 2.31. The van der Waals surface area contributed by atoms with Crippen molar-refractivity contribution >= 4 is 0 Å². The molecule has 0 spiro atoms. The van der Waals surface area contributed by atoms with Gasteiger partial charge >= 0.3 is 0 Å². The maximum atomic E-state index is 5.87. The Kier molecular flexibility index (Phi) is 4.49. The normalized spacial score (nSPS) is 21.0. The fourth-order valence-corrected chi connectivity index (χ4v) is 4.13. The third-order valence-corrected chi connectivity index (χ3v) is 5.57. The minimum atomic E-state index is 0.248. The Balaban J connectivity index is 1.48. The molecule has 0 amide bonds. The number of nitrogens with zero attached hydrogens (tertiary/aromatic N) is 3. The van der Waals surface area contributed by atoms with E-state index >= 15 is 0 Å². The van der Waals surface area contributed by atoms with Crippen molar-refractivity contribution in [2.45, 2.75) is 19.4 Å². The second kappa shape index (κ2) is 7.28. The first-order valence-corrected chi connectivity index (χ1v) is 9.69. The van der Waals surface area contributed by atoms with Crippen molar-refractivity contribution in [1.82, 2.24) is 14.5 Å². The summed E-state index contributed by atoms with van der Waals surface area (Å²) in [7, 11) is 0. The van der Waals surface area contributed by atoms with Crippen molar-refractivity contribution in [2.75, 3.05) is 26.4 Å². The molecular formula is C22H23N3O3. The second-order valence-corrected chi connectivity index (χ2v) is 7.39. The van der Waals surface area contributed by atoms with E-state index in [0.29, 0.717) is 25.7 Å². The molecular weight excluding hydrogens is 354 g/mol. The van der Waals surface area contributed by atoms with Crippen LogP contribution in [0.5, 0.6) is 11.5 Å². The molecule has 0 bridgehead atoms. The van der Waals surface area contributed by atoms with E-state index in [2.05, 4.69) is 45.9 Å². The topological polar surface area (TPSA) is 58.4 Å². The number of rotatable bonds is 4. The number of hydrogen-bond donors (Lipinski definition) is 0. The lowest BCUT2D eigenvalue weighted by molar-refractivity contribution is 0.171. The summed E-state index contributed by atoms with van der Waals surface area (Å²) in [5, 5.41) is 0. The zero-order valence-electron chi connectivity index (χ0n) is 15.9. The number of benzene rings is 1. The average molecular weight is 377 g/mol. The van der Waals surface area contributed by atoms with Crippen molar-refractivity contribution in [3.05, 3.63) is 60.2 Å². The predicted octanol–water partition coefficient (Wildman–Crippen LogP) is 3.45. The molecule has 0 N–H and O–H groups in total. The lowest BCUT2D eigenvalue weighted by Crippen LogP contribution is -2.20. The quantitative estimate of drug-likeness (QED) is 0.697. The Labute approximate surface area is 164 Å². The third kappa shape index (κ3) is 3.14. The number of aryl methyl sites for hydroxylation is 1. The van der Waals surface area contributed by atoms with Crippen molar-refractivity contribution in [3.63, 3.8) is 0 Å². The van der Waals surface area contributed by atoms with Gasteiger partial charge in [0.25, 0.3) is 0 Å². The van der Waals surface area contributed by atoms with Gasteiger partial charge in [0.1, 0.15) is 19.0 Å². The smallest absolute Gasteiger partial charge is 0.162 e. The zero-order chi connectivity index (χ0) is 18.9. The molecule has 2 atom stereocenters. The van der Waals surface area contributed by atoms with Crippen molar-refractivity contribution in [2.24, 2.45) is 5.92 Å². The molecule has 3 aromatic rings. The average Bonchev–Trinajstić information content (AvgIpc) is 3.37. The molecule has 0 saturated carbocycles. The minimum Gasteiger partial charge on any atom is -0.486 e. The second-order valence-electron chi connectivity index (χ2n) is 7.39. The summed E-state index contributed by atoms with van der Waals surface area (Å²) in [5.41, 5.74) is 3.48. The van der Waals surface area contributed by atoms with E-state index in [1.165, 1.54) is 5.56 Å². The van der Waals surface area contributed by atoms with Crippen molar-refractivity contribution in [3.8, 4) is 22.9 Å². The van der Waals surface area contributed by atoms with Gasteiger partial charge in [0.15, 0.2) is 11.5 Å². The first-order valence-electron chi connectivity index (χ1n) is 9.69. The van der Waals surface area contributed by atoms with Crippen LogP contribution < -0.4 is 9.47 Å². The molecule has 2 aliphatic rings. The van der Waals surface area contributed by atoms with Gasteiger partial charge in [0, 0.05) is 36.3 Å². The van der Waals surface area contributed by atoms with Gasteiger partial charge in [0.2, 0.25) is 0 Å². The molecule has 0 radical (unpaired) electrons. The lowest BCUT2D eigenvalue weighted by Gasteiger charge is -2.23. The van der Waals surface area contributed by atoms with Crippen LogP contribution in [0.4, 0.5) is 0 Å². The van der Waals surface area contributed by atoms with Gasteiger partial charge in [0.05, 0.1) is 19.3 Å². The Bertz CT molecular complexity index is 970. The molecule has 1 aromatic carbocycles. The highest BCUT2D eigenvalue weighted by Crippen LogP contribution is 2.39. The van der Waals surface area contributed by atoms with Crippen LogP contribution in [0.1, 0.15) is 17.2 Å². The number of fused-ring (bicyclic) bond motifs is 1. The van der Waals surface area contributed by atoms with E-state index in [1.807, 2.05) is 24.7 Å². The van der Waals surface area contributed by atoms with E-state index in [4.69, 9.17) is 14.2 Å². The SMILES string of the molecule is Cc1cc2c(cc1-c1nccn1[C@@H]1COC[C@H]1Cc1ccncc1)OCCO2. The Morgan fingerprint density at radius 3 is 2.64 bits per heavy atom. The monoisotopic (exact) mass is 377 g/mol. The van der Waals surface area contributed by atoms with Crippen LogP contribution in [-0.2, 0) is 11.2 Å². The summed E-state index contributed by atoms with van der Waals surface area (Å²) < 4.78 is 19.6. The fourth-order valence-electron chi connectivity index (χ4n) is 4.13. The van der Waals surface area contributed by atoms with Gasteiger partial charge in [-0.3, -0.25) is 4.98 Å². The van der Waals surface area contributed by atoms with Crippen LogP contribution in [0.15, 0.2) is 49.1 Å². The van der Waals surface area contributed by atoms with Crippen LogP contribution in [-0.4, -0.2) is 41.0 Å². The number of imidazole rings is 1. The van der Waals surface area contributed by atoms with Gasteiger partial charge < -0.3 is 18.8 Å². The van der Waals surface area contributed by atoms with E-state index < -0.39 is 0 Å². The summed E-state index contributed by atoms with van der Waals surface area (Å²) in [6.45, 7) is 4.71. The zero-order valence-corrected chi connectivity index (χ0v) is 15.9. The summed E-state index contributed by atoms with van der Waals surface area (Å²) in [6, 6.07) is 8.50. The molecule has 6 nitrogen and oxygen atoms in total. The first-order chi connectivity index (χ1) is 13.8. The minimum absolute atomic E-state index is 0.248. The van der Waals surface area contributed by atoms with Crippen LogP contribution in [0.25, 0.3) is 11.4 Å². The molecule has 2 aliphatic heterocycles. The van der Waals surface area contributed by atoms with Crippen LogP contribution in [0.2, 0.25) is 0 Å². The van der Waals surface area contributed by atoms with E-state index in [1.54, 1.807) is 0 Å². The van der Waals surface area contributed by atoms with E-state index in [-0.39, 0.29) is 6.04 Å². The van der Waals surface area contributed by atoms with Gasteiger partial charge in [-0.25, -0.2) is 4.98 Å². The number of pyridine rings is 1. The highest BCUT2D eigenvalue weighted by atomic mass is 16.6. The first kappa shape index (κ1) is 17.3. The summed E-state index contributed by atoms with van der Waals surface area (Å²) in [4.78, 5) is 8.80. The van der Waals surface area contributed by atoms with Crippen LogP contribution in [0, 0.1) is 12.8 Å². The summed E-state index contributed by atoms with van der Waals surface area (Å²) >= 11 is 0. The molecule has 144 valence electrons. The molecule has 0 aliphatic carbocycles. The molecule has 5 rings (SSSR count). The van der Waals surface area contributed by atoms with E-state index in [9.17, 15) is 0 Å². The Morgan fingerprint density at radius 2 is 1.82 bits per heavy atom. The molecule has 1 saturated heterocycles. The lowest BCUT2D eigenvalue weighted by atomic mass is 9.95. The molecule has 6 heteroatoms. The number of ether oxygens (including phenoxy) is 3. The summed E-state index contributed by atoms with van der Waals surface area (Å²) in [6.07, 6.45) is 8.59. The van der Waals surface area contributed by atoms with Gasteiger partial charge in [-0.15, -0.1) is 0 Å². The molecule has 4 heterocycles. The molecule has 28 heavy (non-hydrogen) atoms. The van der Waals surface area contributed by atoms with Crippen LogP contribution >= 0.6 is 0 Å². The molecule has 2 aromatic heterocycles. The standard InChI is InChI=1S/C22H23N3O3/c1-15-10-20-21(28-9-8-27-20)12-18(15)22-24-6-7-25(22)19-14-26-13-17(19)11-16-2-4-23-5-3-16/h2-7,10,12,17,19H,8-9,11,13-14H2,1H3/t17-,19-/m1/s1. The Morgan fingerprint density at radius 1 is 1.04 bits per heavy atom. The molecule has 1 fully saturated rings. The van der Waals surface area contributed by atoms with Gasteiger partial charge in [-0.2, -0.15) is 0 Å². The molecule has 0 unspecified atom stereocenters. The predicted molar refractivity (Wildman–Crippen MR) is 105 cm³/mol. The highest BCUT2D eigenvalue weighted by molar-refractivity contribution is 5.66. The third-order valence-electron chi connectivity index (χ3n) is 5.57. The van der Waals surface area contributed by atoms with Crippen LogP contribution in [0.3, 0.4) is 0 Å². The van der Waals surface area contributed by atoms with E-state index in [0.717, 1.165) is 41.5 Å². The van der Waals surface area contributed by atoms with Crippen molar-refractivity contribution in [1.29, 1.82) is 0 Å². The maximum Gasteiger partial charge on any atom is 0.162 e. The maximum absolute atomic E-state index is 5.87. The largest absolute Gasteiger partial charge is 0.486 e. The number of hydrogen-bond acceptors (Lipinski definition) is 5.